The molecule has 4 N–H and O–H groups in total. The summed E-state index contributed by atoms with van der Waals surface area (Å²) in [7, 11) is 0. The third-order valence-corrected chi connectivity index (χ3v) is 4.17. The van der Waals surface area contributed by atoms with E-state index >= 15 is 0 Å². The van der Waals surface area contributed by atoms with Crippen molar-refractivity contribution >= 4 is 17.6 Å². The maximum atomic E-state index is 14.4. The van der Waals surface area contributed by atoms with Gasteiger partial charge in [-0.2, -0.15) is 10.3 Å². The minimum Gasteiger partial charge on any atom is -0.369 e. The van der Waals surface area contributed by atoms with Crippen molar-refractivity contribution in [2.45, 2.75) is 37.8 Å². The normalized spacial score (nSPS) is 20.3. The Morgan fingerprint density at radius 1 is 1.23 bits per heavy atom. The van der Waals surface area contributed by atoms with Crippen LogP contribution in [0.25, 0.3) is 0 Å². The summed E-state index contributed by atoms with van der Waals surface area (Å²) in [5.41, 5.74) is 11.7. The number of benzene rings is 1. The molecule has 1 aromatic rings. The number of nitrogens with zero attached hydrogens (tertiary/aromatic N) is 4. The van der Waals surface area contributed by atoms with E-state index in [0.29, 0.717) is 0 Å². The Bertz CT molecular complexity index is 696. The molecule has 114 valence electrons. The van der Waals surface area contributed by atoms with E-state index in [2.05, 4.69) is 9.98 Å². The van der Waals surface area contributed by atoms with Crippen LogP contribution in [0, 0.1) is 17.1 Å². The number of hydrogen-bond donors (Lipinski definition) is 2. The maximum Gasteiger partial charge on any atom is 0.220 e. The first-order valence-electron chi connectivity index (χ1n) is 7.25. The second-order valence-corrected chi connectivity index (χ2v) is 5.60. The van der Waals surface area contributed by atoms with Crippen molar-refractivity contribution < 1.29 is 4.39 Å². The Morgan fingerprint density at radius 3 is 2.59 bits per heavy atom. The minimum atomic E-state index is -0.677. The van der Waals surface area contributed by atoms with Crippen LogP contribution in [0.3, 0.4) is 0 Å². The highest BCUT2D eigenvalue weighted by Gasteiger charge is 2.43. The number of guanidine groups is 2. The number of nitriles is 1. The first kappa shape index (κ1) is 14.3. The van der Waals surface area contributed by atoms with Crippen molar-refractivity contribution in [2.24, 2.45) is 21.5 Å². The minimum absolute atomic E-state index is 0.129. The zero-order valence-corrected chi connectivity index (χ0v) is 12.1. The molecule has 1 aliphatic heterocycles. The van der Waals surface area contributed by atoms with Crippen LogP contribution in [0.2, 0.25) is 0 Å². The number of rotatable bonds is 1. The van der Waals surface area contributed by atoms with Gasteiger partial charge in [0, 0.05) is 0 Å². The molecule has 2 aliphatic rings. The third kappa shape index (κ3) is 2.26. The molecule has 1 fully saturated rings. The van der Waals surface area contributed by atoms with Gasteiger partial charge in [-0.15, -0.1) is 0 Å². The van der Waals surface area contributed by atoms with Gasteiger partial charge in [0.25, 0.3) is 0 Å². The maximum absolute atomic E-state index is 14.4. The van der Waals surface area contributed by atoms with Gasteiger partial charge in [0.2, 0.25) is 11.9 Å². The van der Waals surface area contributed by atoms with Crippen molar-refractivity contribution in [3.63, 3.8) is 0 Å². The Labute approximate surface area is 127 Å². The fraction of sp³-hybridized carbons (Fsp3) is 0.400. The van der Waals surface area contributed by atoms with Gasteiger partial charge < -0.3 is 11.5 Å². The van der Waals surface area contributed by atoms with Crippen LogP contribution in [0.15, 0.2) is 28.2 Å². The van der Waals surface area contributed by atoms with Crippen LogP contribution >= 0.6 is 0 Å². The van der Waals surface area contributed by atoms with Gasteiger partial charge >= 0.3 is 0 Å². The fourth-order valence-electron chi connectivity index (χ4n) is 3.23. The number of anilines is 1. The highest BCUT2D eigenvalue weighted by molar-refractivity contribution is 6.05. The summed E-state index contributed by atoms with van der Waals surface area (Å²) in [6.45, 7) is 0. The first-order valence-corrected chi connectivity index (χ1v) is 7.25. The number of nitrogens with two attached hydrogens (primary N) is 2. The average molecular weight is 300 g/mol. The molecule has 1 saturated carbocycles. The number of halogens is 1. The molecule has 0 amide bonds. The standard InChI is InChI=1S/C15H17FN6/c16-11-8-10(9-17)4-5-12(11)22-14(19)20-13(18)21-15(22)6-2-1-3-7-15/h4-5,8H,1-3,6-7H2,(H4,18,19,20,21). The van der Waals surface area contributed by atoms with Gasteiger partial charge in [0.05, 0.1) is 17.3 Å². The molecule has 6 nitrogen and oxygen atoms in total. The summed E-state index contributed by atoms with van der Waals surface area (Å²) in [5.74, 6) is -0.250. The van der Waals surface area contributed by atoms with E-state index in [1.807, 2.05) is 6.07 Å². The van der Waals surface area contributed by atoms with E-state index in [-0.39, 0.29) is 23.2 Å². The van der Waals surface area contributed by atoms with Gasteiger partial charge in [-0.3, -0.25) is 4.90 Å². The van der Waals surface area contributed by atoms with Gasteiger partial charge in [0.1, 0.15) is 11.5 Å². The summed E-state index contributed by atoms with van der Waals surface area (Å²) >= 11 is 0. The smallest absolute Gasteiger partial charge is 0.220 e. The Hall–Kier alpha value is -2.62. The molecular formula is C15H17FN6. The molecule has 0 bridgehead atoms. The van der Waals surface area contributed by atoms with E-state index < -0.39 is 11.5 Å². The largest absolute Gasteiger partial charge is 0.369 e. The molecule has 1 heterocycles. The van der Waals surface area contributed by atoms with Crippen LogP contribution in [0.4, 0.5) is 10.1 Å². The molecule has 1 spiro atoms. The van der Waals surface area contributed by atoms with Crippen LogP contribution in [0.5, 0.6) is 0 Å². The van der Waals surface area contributed by atoms with Crippen molar-refractivity contribution in [1.29, 1.82) is 5.26 Å². The molecule has 1 aromatic carbocycles. The molecule has 0 unspecified atom stereocenters. The summed E-state index contributed by atoms with van der Waals surface area (Å²) in [4.78, 5) is 10.1. The molecule has 0 aromatic heterocycles. The summed E-state index contributed by atoms with van der Waals surface area (Å²) < 4.78 is 14.4. The molecule has 0 atom stereocenters. The molecule has 0 radical (unpaired) electrons. The Morgan fingerprint density at radius 2 is 1.95 bits per heavy atom. The molecule has 3 rings (SSSR count). The predicted molar refractivity (Wildman–Crippen MR) is 82.7 cm³/mol. The van der Waals surface area contributed by atoms with E-state index in [1.54, 1.807) is 17.0 Å². The monoisotopic (exact) mass is 300 g/mol. The van der Waals surface area contributed by atoms with E-state index in [0.717, 1.165) is 32.1 Å². The van der Waals surface area contributed by atoms with E-state index in [4.69, 9.17) is 16.7 Å². The lowest BCUT2D eigenvalue weighted by Crippen LogP contribution is -2.58. The lowest BCUT2D eigenvalue weighted by molar-refractivity contribution is 0.304. The Kier molecular flexibility index (Phi) is 3.45. The SMILES string of the molecule is N#Cc1ccc(N2C(N)=NC(N)=NC23CCCCC3)c(F)c1. The molecule has 7 heteroatoms. The number of aliphatic imine (C=N–C) groups is 2. The van der Waals surface area contributed by atoms with Crippen molar-refractivity contribution in [1.82, 2.24) is 0 Å². The van der Waals surface area contributed by atoms with E-state index in [1.165, 1.54) is 6.07 Å². The lowest BCUT2D eigenvalue weighted by atomic mass is 9.87. The zero-order chi connectivity index (χ0) is 15.7. The van der Waals surface area contributed by atoms with Gasteiger partial charge in [-0.25, -0.2) is 9.38 Å². The fourth-order valence-corrected chi connectivity index (χ4v) is 3.23. The molecule has 1 aliphatic carbocycles. The van der Waals surface area contributed by atoms with Gasteiger partial charge in [0.15, 0.2) is 0 Å². The molecular weight excluding hydrogens is 283 g/mol. The van der Waals surface area contributed by atoms with Crippen LogP contribution < -0.4 is 16.4 Å². The Balaban J connectivity index is 2.10. The van der Waals surface area contributed by atoms with Crippen molar-refractivity contribution in [3.8, 4) is 6.07 Å². The second kappa shape index (κ2) is 5.30. The quantitative estimate of drug-likeness (QED) is 0.825. The summed E-state index contributed by atoms with van der Waals surface area (Å²) in [6, 6.07) is 6.22. The highest BCUT2D eigenvalue weighted by Crippen LogP contribution is 2.40. The van der Waals surface area contributed by atoms with Crippen LogP contribution in [-0.2, 0) is 0 Å². The molecule has 0 saturated heterocycles. The van der Waals surface area contributed by atoms with Crippen molar-refractivity contribution in [3.05, 3.63) is 29.6 Å². The molecule has 22 heavy (non-hydrogen) atoms. The third-order valence-electron chi connectivity index (χ3n) is 4.17. The summed E-state index contributed by atoms with van der Waals surface area (Å²) in [6.07, 6.45) is 4.53. The number of hydrogen-bond acceptors (Lipinski definition) is 6. The topological polar surface area (TPSA) is 104 Å². The zero-order valence-electron chi connectivity index (χ0n) is 12.1. The first-order chi connectivity index (χ1) is 10.6. The highest BCUT2D eigenvalue weighted by atomic mass is 19.1. The van der Waals surface area contributed by atoms with Crippen molar-refractivity contribution in [2.75, 3.05) is 4.90 Å². The average Bonchev–Trinajstić information content (AvgIpc) is 2.48. The summed E-state index contributed by atoms with van der Waals surface area (Å²) in [5, 5.41) is 8.88. The predicted octanol–water partition coefficient (Wildman–Crippen LogP) is 1.81. The van der Waals surface area contributed by atoms with Gasteiger partial charge in [-0.05, 0) is 43.9 Å². The second-order valence-electron chi connectivity index (χ2n) is 5.60. The van der Waals surface area contributed by atoms with Crippen LogP contribution in [-0.4, -0.2) is 17.6 Å². The van der Waals surface area contributed by atoms with E-state index in [9.17, 15) is 4.39 Å². The van der Waals surface area contributed by atoms with Crippen LogP contribution in [0.1, 0.15) is 37.7 Å². The lowest BCUT2D eigenvalue weighted by Gasteiger charge is -2.45. The van der Waals surface area contributed by atoms with Gasteiger partial charge in [-0.1, -0.05) is 6.42 Å².